The summed E-state index contributed by atoms with van der Waals surface area (Å²) in [4.78, 5) is 12.2. The molecule has 2 rings (SSSR count). The van der Waals surface area contributed by atoms with E-state index in [1.54, 1.807) is 0 Å². The van der Waals surface area contributed by atoms with Gasteiger partial charge >= 0.3 is 5.97 Å². The molecule has 1 unspecified atom stereocenters. The van der Waals surface area contributed by atoms with Crippen molar-refractivity contribution in [2.45, 2.75) is 96.5 Å². The summed E-state index contributed by atoms with van der Waals surface area (Å²) >= 11 is 0. The number of carbonyl (C=O) groups excluding carboxylic acids is 1. The lowest BCUT2D eigenvalue weighted by Gasteiger charge is -2.22. The highest BCUT2D eigenvalue weighted by Crippen LogP contribution is 2.33. The van der Waals surface area contributed by atoms with Crippen molar-refractivity contribution in [3.8, 4) is 5.75 Å². The van der Waals surface area contributed by atoms with E-state index < -0.39 is 6.10 Å². The first kappa shape index (κ1) is 20.8. The van der Waals surface area contributed by atoms with E-state index in [1.807, 2.05) is 19.1 Å². The van der Waals surface area contributed by atoms with E-state index >= 15 is 0 Å². The Morgan fingerprint density at radius 1 is 1.00 bits per heavy atom. The molecule has 0 amide bonds. The van der Waals surface area contributed by atoms with Crippen LogP contribution in [-0.4, -0.2) is 18.7 Å². The minimum absolute atomic E-state index is 0.237. The van der Waals surface area contributed by atoms with Gasteiger partial charge in [0.25, 0.3) is 0 Å². The van der Waals surface area contributed by atoms with E-state index in [0.717, 1.165) is 25.0 Å². The molecule has 0 N–H and O–H groups in total. The molecule has 3 nitrogen and oxygen atoms in total. The molecule has 1 atom stereocenters. The number of benzene rings is 1. The Morgan fingerprint density at radius 2 is 1.69 bits per heavy atom. The summed E-state index contributed by atoms with van der Waals surface area (Å²) in [5, 5.41) is 0. The van der Waals surface area contributed by atoms with Crippen LogP contribution in [0.25, 0.3) is 0 Å². The zero-order valence-electron chi connectivity index (χ0n) is 16.7. The number of esters is 1. The number of hydrogen-bond acceptors (Lipinski definition) is 3. The molecule has 26 heavy (non-hydrogen) atoms. The Kier molecular flexibility index (Phi) is 9.58. The van der Waals surface area contributed by atoms with Crippen molar-refractivity contribution in [3.05, 3.63) is 29.8 Å². The van der Waals surface area contributed by atoms with Crippen LogP contribution in [0.15, 0.2) is 24.3 Å². The zero-order chi connectivity index (χ0) is 18.6. The van der Waals surface area contributed by atoms with Gasteiger partial charge in [0.05, 0.1) is 6.61 Å². The summed E-state index contributed by atoms with van der Waals surface area (Å²) in [5.74, 6) is 1.23. The average molecular weight is 361 g/mol. The summed E-state index contributed by atoms with van der Waals surface area (Å²) < 4.78 is 11.2. The molecule has 0 radical (unpaired) electrons. The Labute approximate surface area is 159 Å². The predicted molar refractivity (Wildman–Crippen MR) is 107 cm³/mol. The average Bonchev–Trinajstić information content (AvgIpc) is 2.68. The molecular formula is C23H36O3. The Bertz CT molecular complexity index is 503. The molecule has 1 fully saturated rings. The topological polar surface area (TPSA) is 35.5 Å². The van der Waals surface area contributed by atoms with Gasteiger partial charge in [0, 0.05) is 0 Å². The molecule has 0 aromatic heterocycles. The van der Waals surface area contributed by atoms with Gasteiger partial charge in [-0.05, 0) is 56.2 Å². The number of rotatable bonds is 11. The first-order chi connectivity index (χ1) is 12.7. The van der Waals surface area contributed by atoms with Gasteiger partial charge in [-0.25, -0.2) is 4.79 Å². The van der Waals surface area contributed by atoms with Crippen molar-refractivity contribution in [1.82, 2.24) is 0 Å². The monoisotopic (exact) mass is 360 g/mol. The summed E-state index contributed by atoms with van der Waals surface area (Å²) in [7, 11) is 0. The molecular weight excluding hydrogens is 324 g/mol. The fraction of sp³-hybridized carbons (Fsp3) is 0.696. The molecule has 1 saturated carbocycles. The van der Waals surface area contributed by atoms with Crippen LogP contribution in [0, 0.1) is 0 Å². The second kappa shape index (κ2) is 12.0. The lowest BCUT2D eigenvalue weighted by atomic mass is 9.84. The minimum atomic E-state index is -0.489. The normalized spacial score (nSPS) is 16.2. The van der Waals surface area contributed by atoms with E-state index in [-0.39, 0.29) is 5.97 Å². The smallest absolute Gasteiger partial charge is 0.347 e. The van der Waals surface area contributed by atoms with Crippen LogP contribution in [0.5, 0.6) is 5.75 Å². The standard InChI is InChI=1S/C23H36O3/c1-3-5-6-7-11-14-22(23(24)25-4-2)26-21-17-15-20(16-18-21)19-12-9-8-10-13-19/h15-19,22H,3-14H2,1-2H3. The maximum atomic E-state index is 12.2. The summed E-state index contributed by atoms with van der Waals surface area (Å²) in [6.45, 7) is 4.45. The number of ether oxygens (including phenoxy) is 2. The van der Waals surface area contributed by atoms with Crippen molar-refractivity contribution in [3.63, 3.8) is 0 Å². The first-order valence-corrected chi connectivity index (χ1v) is 10.7. The fourth-order valence-corrected chi connectivity index (χ4v) is 3.81. The Hall–Kier alpha value is -1.51. The van der Waals surface area contributed by atoms with Gasteiger partial charge in [0.15, 0.2) is 6.10 Å². The van der Waals surface area contributed by atoms with Gasteiger partial charge < -0.3 is 9.47 Å². The van der Waals surface area contributed by atoms with Crippen molar-refractivity contribution in [1.29, 1.82) is 0 Å². The third-order valence-electron chi connectivity index (χ3n) is 5.35. The van der Waals surface area contributed by atoms with E-state index in [4.69, 9.17) is 9.47 Å². The largest absolute Gasteiger partial charge is 0.479 e. The molecule has 146 valence electrons. The van der Waals surface area contributed by atoms with Crippen LogP contribution in [0.3, 0.4) is 0 Å². The van der Waals surface area contributed by atoms with Gasteiger partial charge in [-0.3, -0.25) is 0 Å². The molecule has 0 heterocycles. The zero-order valence-corrected chi connectivity index (χ0v) is 16.7. The molecule has 0 spiro atoms. The van der Waals surface area contributed by atoms with E-state index in [1.165, 1.54) is 56.9 Å². The Morgan fingerprint density at radius 3 is 2.35 bits per heavy atom. The molecule has 1 aromatic rings. The van der Waals surface area contributed by atoms with Crippen LogP contribution in [0.4, 0.5) is 0 Å². The molecule has 1 aliphatic rings. The van der Waals surface area contributed by atoms with Crippen molar-refractivity contribution < 1.29 is 14.3 Å². The van der Waals surface area contributed by atoms with Crippen molar-refractivity contribution in [2.75, 3.05) is 6.61 Å². The van der Waals surface area contributed by atoms with Gasteiger partial charge in [-0.15, -0.1) is 0 Å². The fourth-order valence-electron chi connectivity index (χ4n) is 3.81. The number of unbranched alkanes of at least 4 members (excludes halogenated alkanes) is 4. The maximum absolute atomic E-state index is 12.2. The second-order valence-corrected chi connectivity index (χ2v) is 7.47. The molecule has 1 aliphatic carbocycles. The minimum Gasteiger partial charge on any atom is -0.479 e. The summed E-state index contributed by atoms with van der Waals surface area (Å²) in [6, 6.07) is 8.39. The lowest BCUT2D eigenvalue weighted by molar-refractivity contribution is -0.151. The molecule has 0 saturated heterocycles. The SMILES string of the molecule is CCCCCCCC(Oc1ccc(C2CCCCC2)cc1)C(=O)OCC. The molecule has 3 heteroatoms. The van der Waals surface area contributed by atoms with E-state index in [2.05, 4.69) is 19.1 Å². The van der Waals surface area contributed by atoms with Crippen LogP contribution < -0.4 is 4.74 Å². The lowest BCUT2D eigenvalue weighted by Crippen LogP contribution is -2.29. The number of hydrogen-bond donors (Lipinski definition) is 0. The van der Waals surface area contributed by atoms with Crippen molar-refractivity contribution in [2.24, 2.45) is 0 Å². The van der Waals surface area contributed by atoms with Crippen LogP contribution >= 0.6 is 0 Å². The Balaban J connectivity index is 1.89. The first-order valence-electron chi connectivity index (χ1n) is 10.7. The highest BCUT2D eigenvalue weighted by molar-refractivity contribution is 5.75. The summed E-state index contributed by atoms with van der Waals surface area (Å²) in [5.41, 5.74) is 1.41. The van der Waals surface area contributed by atoms with Gasteiger partial charge in [0.2, 0.25) is 0 Å². The third-order valence-corrected chi connectivity index (χ3v) is 5.35. The molecule has 0 aliphatic heterocycles. The van der Waals surface area contributed by atoms with E-state index in [9.17, 15) is 4.79 Å². The van der Waals surface area contributed by atoms with Gasteiger partial charge in [-0.1, -0.05) is 64.0 Å². The van der Waals surface area contributed by atoms with Crippen LogP contribution in [0.1, 0.15) is 96.0 Å². The number of carbonyl (C=O) groups is 1. The maximum Gasteiger partial charge on any atom is 0.347 e. The highest BCUT2D eigenvalue weighted by atomic mass is 16.6. The molecule has 1 aromatic carbocycles. The second-order valence-electron chi connectivity index (χ2n) is 7.47. The van der Waals surface area contributed by atoms with Crippen molar-refractivity contribution >= 4 is 5.97 Å². The quantitative estimate of drug-likeness (QED) is 0.338. The highest BCUT2D eigenvalue weighted by Gasteiger charge is 2.22. The van der Waals surface area contributed by atoms with Gasteiger partial charge in [-0.2, -0.15) is 0 Å². The van der Waals surface area contributed by atoms with E-state index in [0.29, 0.717) is 12.5 Å². The summed E-state index contributed by atoms with van der Waals surface area (Å²) in [6.07, 6.45) is 12.7. The van der Waals surface area contributed by atoms with Gasteiger partial charge in [0.1, 0.15) is 5.75 Å². The van der Waals surface area contributed by atoms with Crippen LogP contribution in [-0.2, 0) is 9.53 Å². The third kappa shape index (κ3) is 7.01. The van der Waals surface area contributed by atoms with Crippen LogP contribution in [0.2, 0.25) is 0 Å². The molecule has 0 bridgehead atoms. The predicted octanol–water partition coefficient (Wildman–Crippen LogP) is 6.41.